The fourth-order valence-electron chi connectivity index (χ4n) is 6.24. The summed E-state index contributed by atoms with van der Waals surface area (Å²) in [5.74, 6) is 0.614. The number of hydrogen-bond acceptors (Lipinski definition) is 8. The highest BCUT2D eigenvalue weighted by molar-refractivity contribution is 5.90. The van der Waals surface area contributed by atoms with E-state index in [0.717, 1.165) is 46.6 Å². The predicted molar refractivity (Wildman–Crippen MR) is 205 cm³/mol. The lowest BCUT2D eigenvalue weighted by molar-refractivity contribution is -0.163. The molecule has 1 aliphatic rings. The van der Waals surface area contributed by atoms with Gasteiger partial charge in [-0.1, -0.05) is 99.3 Å². The third-order valence-electron chi connectivity index (χ3n) is 9.03. The molecule has 5 rings (SSSR count). The summed E-state index contributed by atoms with van der Waals surface area (Å²) in [6.07, 6.45) is 10.3. The Kier molecular flexibility index (Phi) is 14.0. The maximum Gasteiger partial charge on any atom is 0.408 e. The average Bonchev–Trinajstić information content (AvgIpc) is 3.66. The van der Waals surface area contributed by atoms with Gasteiger partial charge in [0.05, 0.1) is 6.61 Å². The number of benzene rings is 3. The summed E-state index contributed by atoms with van der Waals surface area (Å²) in [6.45, 7) is 8.79. The number of esters is 1. The summed E-state index contributed by atoms with van der Waals surface area (Å²) in [5, 5.41) is 2.77. The highest BCUT2D eigenvalue weighted by atomic mass is 16.6. The first-order valence-corrected chi connectivity index (χ1v) is 18.7. The number of carbonyl (C=O) groups excluding carboxylic acids is 3. The summed E-state index contributed by atoms with van der Waals surface area (Å²) in [7, 11) is 0. The highest BCUT2D eigenvalue weighted by Gasteiger charge is 2.40. The first-order chi connectivity index (χ1) is 25.6. The molecule has 0 radical (unpaired) electrons. The Hall–Kier alpha value is -5.25. The van der Waals surface area contributed by atoms with Crippen LogP contribution in [-0.2, 0) is 32.1 Å². The largest absolute Gasteiger partial charge is 0.494 e. The Labute approximate surface area is 313 Å². The molecule has 3 aromatic carbocycles. The molecule has 0 spiro atoms. The van der Waals surface area contributed by atoms with Crippen molar-refractivity contribution in [2.24, 2.45) is 0 Å². The van der Waals surface area contributed by atoms with Gasteiger partial charge in [-0.2, -0.15) is 0 Å². The molecule has 10 heteroatoms. The topological polar surface area (TPSA) is 120 Å². The van der Waals surface area contributed by atoms with Gasteiger partial charge in [0.15, 0.2) is 5.82 Å². The van der Waals surface area contributed by atoms with Crippen LogP contribution in [-0.4, -0.2) is 63.7 Å². The lowest BCUT2D eigenvalue weighted by atomic mass is 10.0. The van der Waals surface area contributed by atoms with Crippen molar-refractivity contribution in [3.63, 3.8) is 0 Å². The van der Waals surface area contributed by atoms with Gasteiger partial charge in [-0.25, -0.2) is 19.6 Å². The van der Waals surface area contributed by atoms with Crippen molar-refractivity contribution in [3.8, 4) is 28.3 Å². The number of likely N-dealkylation sites (tertiary alicyclic amines) is 1. The normalized spacial score (nSPS) is 14.7. The van der Waals surface area contributed by atoms with Crippen LogP contribution in [0.5, 0.6) is 5.75 Å². The summed E-state index contributed by atoms with van der Waals surface area (Å²) < 4.78 is 17.0. The molecule has 2 amide bonds. The Morgan fingerprint density at radius 3 is 2.19 bits per heavy atom. The van der Waals surface area contributed by atoms with Crippen LogP contribution in [0, 0.1) is 0 Å². The van der Waals surface area contributed by atoms with Crippen LogP contribution in [0.4, 0.5) is 4.79 Å². The van der Waals surface area contributed by atoms with Gasteiger partial charge in [-0.3, -0.25) is 4.79 Å². The molecular weight excluding hydrogens is 668 g/mol. The molecule has 0 bridgehead atoms. The van der Waals surface area contributed by atoms with E-state index < -0.39 is 29.7 Å². The van der Waals surface area contributed by atoms with Crippen molar-refractivity contribution in [1.29, 1.82) is 0 Å². The van der Waals surface area contributed by atoms with Crippen LogP contribution in [0.1, 0.15) is 83.8 Å². The molecule has 1 N–H and O–H groups in total. The third-order valence-corrected chi connectivity index (χ3v) is 9.03. The van der Waals surface area contributed by atoms with Crippen LogP contribution in [0.3, 0.4) is 0 Å². The number of carbonyl (C=O) groups is 3. The van der Waals surface area contributed by atoms with Crippen molar-refractivity contribution in [1.82, 2.24) is 20.2 Å². The van der Waals surface area contributed by atoms with E-state index in [1.165, 1.54) is 30.6 Å². The van der Waals surface area contributed by atoms with Gasteiger partial charge in [0.25, 0.3) is 0 Å². The van der Waals surface area contributed by atoms with Gasteiger partial charge >= 0.3 is 12.1 Å². The highest BCUT2D eigenvalue weighted by Crippen LogP contribution is 2.25. The lowest BCUT2D eigenvalue weighted by Gasteiger charge is -2.30. The number of ether oxygens (including phenoxy) is 3. The van der Waals surface area contributed by atoms with Gasteiger partial charge in [0, 0.05) is 36.5 Å². The second kappa shape index (κ2) is 19.0. The van der Waals surface area contributed by atoms with Crippen LogP contribution >= 0.6 is 0 Å². The van der Waals surface area contributed by atoms with Crippen molar-refractivity contribution < 1.29 is 28.6 Å². The lowest BCUT2D eigenvalue weighted by Crippen LogP contribution is -2.53. The zero-order valence-corrected chi connectivity index (χ0v) is 31.4. The van der Waals surface area contributed by atoms with E-state index in [2.05, 4.69) is 22.2 Å². The molecule has 1 aliphatic heterocycles. The molecule has 2 unspecified atom stereocenters. The van der Waals surface area contributed by atoms with Crippen LogP contribution in [0.15, 0.2) is 91.3 Å². The molecule has 0 aliphatic carbocycles. The van der Waals surface area contributed by atoms with Crippen molar-refractivity contribution >= 4 is 18.0 Å². The van der Waals surface area contributed by atoms with Crippen molar-refractivity contribution in [2.45, 2.75) is 103 Å². The number of nitrogens with zero attached hydrogens (tertiary/aromatic N) is 3. The van der Waals surface area contributed by atoms with E-state index >= 15 is 0 Å². The zero-order chi connectivity index (χ0) is 37.6. The summed E-state index contributed by atoms with van der Waals surface area (Å²) in [4.78, 5) is 50.8. The SMILES string of the molecule is CCCCCCCOc1ccc(-c2cnc(-c3ccc(CC(NC(=O)OCc4ccccc4)C(=O)N4CCCC4C(=O)OC(C)(C)C)cc3)nc2)cc1. The van der Waals surface area contributed by atoms with Gasteiger partial charge < -0.3 is 24.4 Å². The average molecular weight is 721 g/mol. The number of alkyl carbamates (subject to hydrolysis) is 1. The molecule has 0 saturated carbocycles. The number of rotatable bonds is 16. The minimum Gasteiger partial charge on any atom is -0.494 e. The van der Waals surface area contributed by atoms with E-state index in [1.807, 2.05) is 78.9 Å². The summed E-state index contributed by atoms with van der Waals surface area (Å²) in [5.41, 5.74) is 3.66. The Bertz CT molecular complexity index is 1760. The van der Waals surface area contributed by atoms with Crippen molar-refractivity contribution in [3.05, 3.63) is 102 Å². The van der Waals surface area contributed by atoms with E-state index in [0.29, 0.717) is 25.2 Å². The van der Waals surface area contributed by atoms with Gasteiger partial charge in [-0.15, -0.1) is 0 Å². The number of aromatic nitrogens is 2. The maximum atomic E-state index is 14.0. The Balaban J connectivity index is 1.23. The smallest absolute Gasteiger partial charge is 0.408 e. The van der Waals surface area contributed by atoms with Crippen LogP contribution in [0.2, 0.25) is 0 Å². The Morgan fingerprint density at radius 1 is 0.830 bits per heavy atom. The molecule has 2 atom stereocenters. The van der Waals surface area contributed by atoms with Crippen LogP contribution < -0.4 is 10.1 Å². The summed E-state index contributed by atoms with van der Waals surface area (Å²) in [6, 6.07) is 23.2. The van der Waals surface area contributed by atoms with Gasteiger partial charge in [0.2, 0.25) is 5.91 Å². The van der Waals surface area contributed by atoms with E-state index in [-0.39, 0.29) is 18.9 Å². The van der Waals surface area contributed by atoms with E-state index in [9.17, 15) is 14.4 Å². The van der Waals surface area contributed by atoms with E-state index in [4.69, 9.17) is 14.2 Å². The molecule has 2 heterocycles. The molecule has 53 heavy (non-hydrogen) atoms. The van der Waals surface area contributed by atoms with Gasteiger partial charge in [0.1, 0.15) is 30.0 Å². The second-order valence-corrected chi connectivity index (χ2v) is 14.5. The molecule has 1 saturated heterocycles. The van der Waals surface area contributed by atoms with Gasteiger partial charge in [-0.05, 0) is 68.9 Å². The van der Waals surface area contributed by atoms with Crippen molar-refractivity contribution in [2.75, 3.05) is 13.2 Å². The minimum absolute atomic E-state index is 0.0598. The molecule has 1 fully saturated rings. The number of hydrogen-bond donors (Lipinski definition) is 1. The predicted octanol–water partition coefficient (Wildman–Crippen LogP) is 8.33. The second-order valence-electron chi connectivity index (χ2n) is 14.5. The quantitative estimate of drug-likeness (QED) is 0.0907. The monoisotopic (exact) mass is 720 g/mol. The summed E-state index contributed by atoms with van der Waals surface area (Å²) >= 11 is 0. The fraction of sp³-hybridized carbons (Fsp3) is 0.419. The number of amides is 2. The molecule has 1 aromatic heterocycles. The molecule has 10 nitrogen and oxygen atoms in total. The van der Waals surface area contributed by atoms with Crippen LogP contribution in [0.25, 0.3) is 22.5 Å². The first kappa shape index (κ1) is 39.0. The maximum absolute atomic E-state index is 14.0. The fourth-order valence-corrected chi connectivity index (χ4v) is 6.24. The standard InChI is InChI=1S/C43H52N4O6/c1-5-6-7-8-12-26-51-36-23-21-33(22-24-36)35-28-44-39(45-29-35)34-19-17-31(18-20-34)27-37(46-42(50)52-30-32-14-10-9-11-15-32)40(48)47-25-13-16-38(47)41(49)53-43(2,3)4/h9-11,14-15,17-24,28-29,37-38H,5-8,12-13,16,25-27,30H2,1-4H3,(H,46,50). The van der Waals surface area contributed by atoms with E-state index in [1.54, 1.807) is 33.2 Å². The third kappa shape index (κ3) is 11.9. The molecule has 4 aromatic rings. The Morgan fingerprint density at radius 2 is 1.51 bits per heavy atom. The molecule has 280 valence electrons. The number of unbranched alkanes of at least 4 members (excludes halogenated alkanes) is 4. The number of nitrogens with one attached hydrogen (secondary N) is 1. The first-order valence-electron chi connectivity index (χ1n) is 18.7. The molecular formula is C43H52N4O6. The minimum atomic E-state index is -0.967. The zero-order valence-electron chi connectivity index (χ0n) is 31.4.